The quantitative estimate of drug-likeness (QED) is 0.778. The van der Waals surface area contributed by atoms with Crippen molar-refractivity contribution < 1.29 is 14.3 Å². The zero-order valence-corrected chi connectivity index (χ0v) is 11.1. The normalized spacial score (nSPS) is 10.8. The van der Waals surface area contributed by atoms with Gasteiger partial charge in [0.15, 0.2) is 0 Å². The van der Waals surface area contributed by atoms with Crippen molar-refractivity contribution in [3.63, 3.8) is 0 Å². The Kier molecular flexibility index (Phi) is 3.03. The van der Waals surface area contributed by atoms with Crippen molar-refractivity contribution >= 4 is 16.9 Å². The Bertz CT molecular complexity index is 770. The molecule has 0 unspecified atom stereocenters. The van der Waals surface area contributed by atoms with Gasteiger partial charge >= 0.3 is 5.97 Å². The molecule has 0 radical (unpaired) electrons. The van der Waals surface area contributed by atoms with E-state index >= 15 is 0 Å². The van der Waals surface area contributed by atoms with Crippen molar-refractivity contribution in [1.82, 2.24) is 0 Å². The van der Waals surface area contributed by atoms with Crippen LogP contribution in [0.15, 0.2) is 52.9 Å². The number of rotatable bonds is 3. The highest BCUT2D eigenvalue weighted by Gasteiger charge is 2.15. The van der Waals surface area contributed by atoms with Crippen LogP contribution in [0.2, 0.25) is 0 Å². The molecular formula is C17H14O3. The number of carboxylic acids is 1. The van der Waals surface area contributed by atoms with Gasteiger partial charge in [-0.15, -0.1) is 0 Å². The molecule has 0 amide bonds. The van der Waals surface area contributed by atoms with Gasteiger partial charge < -0.3 is 9.52 Å². The number of hydrogen-bond donors (Lipinski definition) is 1. The summed E-state index contributed by atoms with van der Waals surface area (Å²) in [4.78, 5) is 10.9. The lowest BCUT2D eigenvalue weighted by Crippen LogP contribution is -1.99. The predicted octanol–water partition coefficient (Wildman–Crippen LogP) is 4.04. The zero-order chi connectivity index (χ0) is 14.1. The van der Waals surface area contributed by atoms with Crippen molar-refractivity contribution in [2.45, 2.75) is 13.3 Å². The highest BCUT2D eigenvalue weighted by molar-refractivity contribution is 5.91. The van der Waals surface area contributed by atoms with Gasteiger partial charge in [0.2, 0.25) is 0 Å². The Morgan fingerprint density at radius 1 is 1.10 bits per heavy atom. The van der Waals surface area contributed by atoms with Gasteiger partial charge in [0, 0.05) is 22.1 Å². The summed E-state index contributed by atoms with van der Waals surface area (Å²) < 4.78 is 5.95. The fourth-order valence-corrected chi connectivity index (χ4v) is 2.47. The molecule has 3 heteroatoms. The summed E-state index contributed by atoms with van der Waals surface area (Å²) in [5.74, 6) is -0.0498. The summed E-state index contributed by atoms with van der Waals surface area (Å²) in [5.41, 5.74) is 3.42. The van der Waals surface area contributed by atoms with E-state index in [4.69, 9.17) is 9.52 Å². The number of para-hydroxylation sites is 1. The second-order valence-corrected chi connectivity index (χ2v) is 4.79. The standard InChI is InChI=1S/C17H14O3/c1-11-14-9-5-8-13(10-15(18)19)17(14)20-16(11)12-6-3-2-4-7-12/h2-9H,10H2,1H3,(H,18,19). The van der Waals surface area contributed by atoms with Gasteiger partial charge in [-0.2, -0.15) is 0 Å². The molecule has 0 bridgehead atoms. The molecular weight excluding hydrogens is 252 g/mol. The minimum absolute atomic E-state index is 0.0292. The van der Waals surface area contributed by atoms with Crippen LogP contribution in [0.3, 0.4) is 0 Å². The van der Waals surface area contributed by atoms with E-state index in [9.17, 15) is 4.79 Å². The van der Waals surface area contributed by atoms with Crippen molar-refractivity contribution in [1.29, 1.82) is 0 Å². The highest BCUT2D eigenvalue weighted by Crippen LogP contribution is 2.34. The second kappa shape index (κ2) is 4.85. The number of carboxylic acid groups (broad SMARTS) is 1. The van der Waals surface area contributed by atoms with Crippen LogP contribution in [0.1, 0.15) is 11.1 Å². The molecule has 0 saturated heterocycles. The number of benzene rings is 2. The smallest absolute Gasteiger partial charge is 0.307 e. The third kappa shape index (κ3) is 2.07. The summed E-state index contributed by atoms with van der Waals surface area (Å²) in [6.45, 7) is 2.00. The average molecular weight is 266 g/mol. The molecule has 100 valence electrons. The molecule has 1 heterocycles. The molecule has 0 aliphatic carbocycles. The Hall–Kier alpha value is -2.55. The maximum absolute atomic E-state index is 10.9. The van der Waals surface area contributed by atoms with E-state index in [1.165, 1.54) is 0 Å². The molecule has 3 rings (SSSR count). The molecule has 1 aromatic heterocycles. The van der Waals surface area contributed by atoms with Gasteiger partial charge in [-0.1, -0.05) is 48.5 Å². The largest absolute Gasteiger partial charge is 0.481 e. The topological polar surface area (TPSA) is 50.4 Å². The Morgan fingerprint density at radius 2 is 1.85 bits per heavy atom. The van der Waals surface area contributed by atoms with Crippen LogP contribution in [0, 0.1) is 6.92 Å². The SMILES string of the molecule is Cc1c(-c2ccccc2)oc2c(CC(=O)O)cccc12. The Morgan fingerprint density at radius 3 is 2.55 bits per heavy atom. The number of furan rings is 1. The molecule has 2 aromatic carbocycles. The minimum atomic E-state index is -0.854. The zero-order valence-electron chi connectivity index (χ0n) is 11.1. The van der Waals surface area contributed by atoms with Gasteiger partial charge in [0.1, 0.15) is 11.3 Å². The van der Waals surface area contributed by atoms with Crippen molar-refractivity contribution in [2.75, 3.05) is 0 Å². The van der Waals surface area contributed by atoms with Gasteiger partial charge in [-0.25, -0.2) is 0 Å². The number of hydrogen-bond acceptors (Lipinski definition) is 2. The van der Waals surface area contributed by atoms with Gasteiger partial charge in [0.05, 0.1) is 6.42 Å². The first kappa shape index (κ1) is 12.5. The summed E-state index contributed by atoms with van der Waals surface area (Å²) in [5, 5.41) is 9.95. The van der Waals surface area contributed by atoms with E-state index in [0.717, 1.165) is 22.3 Å². The number of carbonyl (C=O) groups is 1. The fourth-order valence-electron chi connectivity index (χ4n) is 2.47. The van der Waals surface area contributed by atoms with Crippen molar-refractivity contribution in [3.8, 4) is 11.3 Å². The van der Waals surface area contributed by atoms with E-state index in [1.807, 2.05) is 49.4 Å². The van der Waals surface area contributed by atoms with Crippen molar-refractivity contribution in [2.24, 2.45) is 0 Å². The van der Waals surface area contributed by atoms with E-state index in [0.29, 0.717) is 11.1 Å². The first-order chi connectivity index (χ1) is 9.66. The minimum Gasteiger partial charge on any atom is -0.481 e. The van der Waals surface area contributed by atoms with E-state index in [1.54, 1.807) is 6.07 Å². The van der Waals surface area contributed by atoms with Crippen molar-refractivity contribution in [3.05, 3.63) is 59.7 Å². The third-order valence-electron chi connectivity index (χ3n) is 3.42. The summed E-state index contributed by atoms with van der Waals surface area (Å²) in [6.07, 6.45) is -0.0292. The molecule has 3 aromatic rings. The summed E-state index contributed by atoms with van der Waals surface area (Å²) in [7, 11) is 0. The van der Waals surface area contributed by atoms with Crippen LogP contribution in [-0.4, -0.2) is 11.1 Å². The lowest BCUT2D eigenvalue weighted by Gasteiger charge is -1.98. The molecule has 1 N–H and O–H groups in total. The van der Waals surface area contributed by atoms with Gasteiger partial charge in [0.25, 0.3) is 0 Å². The monoisotopic (exact) mass is 266 g/mol. The fraction of sp³-hybridized carbons (Fsp3) is 0.118. The predicted molar refractivity (Wildman–Crippen MR) is 77.7 cm³/mol. The van der Waals surface area contributed by atoms with E-state index in [-0.39, 0.29) is 6.42 Å². The molecule has 3 nitrogen and oxygen atoms in total. The second-order valence-electron chi connectivity index (χ2n) is 4.79. The molecule has 0 spiro atoms. The van der Waals surface area contributed by atoms with Crippen LogP contribution in [0.25, 0.3) is 22.3 Å². The van der Waals surface area contributed by atoms with Crippen LogP contribution in [-0.2, 0) is 11.2 Å². The first-order valence-corrected chi connectivity index (χ1v) is 6.45. The van der Waals surface area contributed by atoms with Crippen LogP contribution >= 0.6 is 0 Å². The third-order valence-corrected chi connectivity index (χ3v) is 3.42. The number of aliphatic carboxylic acids is 1. The summed E-state index contributed by atoms with van der Waals surface area (Å²) >= 11 is 0. The van der Waals surface area contributed by atoms with Crippen LogP contribution in [0.5, 0.6) is 0 Å². The van der Waals surface area contributed by atoms with Gasteiger partial charge in [-0.3, -0.25) is 4.79 Å². The molecule has 20 heavy (non-hydrogen) atoms. The molecule has 0 fully saturated rings. The molecule has 0 atom stereocenters. The number of aryl methyl sites for hydroxylation is 1. The van der Waals surface area contributed by atoms with E-state index in [2.05, 4.69) is 0 Å². The van der Waals surface area contributed by atoms with Crippen LogP contribution < -0.4 is 0 Å². The maximum atomic E-state index is 10.9. The molecule has 0 aliphatic heterocycles. The molecule has 0 saturated carbocycles. The maximum Gasteiger partial charge on any atom is 0.307 e. The Labute approximate surface area is 116 Å². The molecule has 0 aliphatic rings. The first-order valence-electron chi connectivity index (χ1n) is 6.45. The Balaban J connectivity index is 2.22. The summed E-state index contributed by atoms with van der Waals surface area (Å²) in [6, 6.07) is 15.5. The number of fused-ring (bicyclic) bond motifs is 1. The van der Waals surface area contributed by atoms with Gasteiger partial charge in [-0.05, 0) is 6.92 Å². The lowest BCUT2D eigenvalue weighted by atomic mass is 10.0. The van der Waals surface area contributed by atoms with E-state index < -0.39 is 5.97 Å². The lowest BCUT2D eigenvalue weighted by molar-refractivity contribution is -0.136. The highest BCUT2D eigenvalue weighted by atomic mass is 16.4. The van der Waals surface area contributed by atoms with Crippen LogP contribution in [0.4, 0.5) is 0 Å². The average Bonchev–Trinajstić information content (AvgIpc) is 2.78.